The van der Waals surface area contributed by atoms with E-state index in [9.17, 15) is 14.4 Å². The summed E-state index contributed by atoms with van der Waals surface area (Å²) in [6.45, 7) is 9.57. The second-order valence-corrected chi connectivity index (χ2v) is 9.96. The fraction of sp³-hybridized carbons (Fsp3) is 0.762. The minimum absolute atomic E-state index is 0.0530. The van der Waals surface area contributed by atoms with Gasteiger partial charge in [0.05, 0.1) is 16.7 Å². The van der Waals surface area contributed by atoms with Gasteiger partial charge in [0.2, 0.25) is 5.91 Å². The van der Waals surface area contributed by atoms with Crippen molar-refractivity contribution in [2.45, 2.75) is 64.6 Å². The quantitative estimate of drug-likeness (QED) is 0.619. The molecule has 3 fully saturated rings. The van der Waals surface area contributed by atoms with Gasteiger partial charge in [-0.3, -0.25) is 9.69 Å². The zero-order valence-corrected chi connectivity index (χ0v) is 18.0. The number of hydrogen-bond acceptors (Lipinski definition) is 6. The van der Waals surface area contributed by atoms with Crippen LogP contribution in [0.3, 0.4) is 0 Å². The maximum absolute atomic E-state index is 13.5. The molecule has 4 rings (SSSR count). The van der Waals surface area contributed by atoms with E-state index in [0.717, 1.165) is 19.5 Å². The number of rotatable bonds is 1. The molecule has 4 aliphatic heterocycles. The van der Waals surface area contributed by atoms with Gasteiger partial charge in [-0.1, -0.05) is 0 Å². The van der Waals surface area contributed by atoms with E-state index in [4.69, 9.17) is 9.47 Å². The first-order chi connectivity index (χ1) is 13.5. The van der Waals surface area contributed by atoms with Crippen molar-refractivity contribution in [3.63, 3.8) is 0 Å². The normalized spacial score (nSPS) is 33.0. The van der Waals surface area contributed by atoms with Gasteiger partial charge in [-0.05, 0) is 54.0 Å². The summed E-state index contributed by atoms with van der Waals surface area (Å²) in [6, 6.07) is -0.106. The second kappa shape index (κ2) is 6.72. The highest BCUT2D eigenvalue weighted by atomic mass is 16.6. The van der Waals surface area contributed by atoms with E-state index in [1.54, 1.807) is 11.8 Å². The van der Waals surface area contributed by atoms with E-state index in [-0.39, 0.29) is 36.7 Å². The Morgan fingerprint density at radius 1 is 1.17 bits per heavy atom. The highest BCUT2D eigenvalue weighted by Gasteiger charge is 2.57. The van der Waals surface area contributed by atoms with Crippen LogP contribution in [0.5, 0.6) is 0 Å². The van der Waals surface area contributed by atoms with Gasteiger partial charge in [-0.2, -0.15) is 0 Å². The molecule has 4 heterocycles. The summed E-state index contributed by atoms with van der Waals surface area (Å²) in [5.41, 5.74) is 0.203. The number of cyclic esters (lactones) is 1. The van der Waals surface area contributed by atoms with Crippen molar-refractivity contribution in [3.8, 4) is 0 Å². The Morgan fingerprint density at radius 3 is 2.31 bits per heavy atom. The van der Waals surface area contributed by atoms with E-state index in [0.29, 0.717) is 30.7 Å². The third kappa shape index (κ3) is 3.41. The third-order valence-corrected chi connectivity index (χ3v) is 6.61. The average molecular weight is 405 g/mol. The van der Waals surface area contributed by atoms with Crippen LogP contribution in [0, 0.1) is 5.41 Å². The summed E-state index contributed by atoms with van der Waals surface area (Å²) in [4.78, 5) is 44.0. The van der Waals surface area contributed by atoms with E-state index >= 15 is 0 Å². The molecule has 0 aromatic rings. The molecule has 2 atom stereocenters. The Bertz CT molecular complexity index is 768. The lowest BCUT2D eigenvalue weighted by molar-refractivity contribution is -0.143. The molecule has 2 bridgehead atoms. The van der Waals surface area contributed by atoms with Crippen molar-refractivity contribution < 1.29 is 23.9 Å². The minimum atomic E-state index is -0.550. The zero-order valence-electron chi connectivity index (χ0n) is 18.0. The van der Waals surface area contributed by atoms with Crippen LogP contribution in [0.15, 0.2) is 11.3 Å². The first-order valence-corrected chi connectivity index (χ1v) is 10.4. The van der Waals surface area contributed by atoms with Crippen molar-refractivity contribution in [2.24, 2.45) is 5.41 Å². The highest BCUT2D eigenvalue weighted by Crippen LogP contribution is 2.49. The van der Waals surface area contributed by atoms with Crippen molar-refractivity contribution >= 4 is 18.0 Å². The third-order valence-electron chi connectivity index (χ3n) is 6.61. The van der Waals surface area contributed by atoms with Crippen molar-refractivity contribution in [1.29, 1.82) is 0 Å². The monoisotopic (exact) mass is 405 g/mol. The van der Waals surface area contributed by atoms with Crippen molar-refractivity contribution in [1.82, 2.24) is 14.7 Å². The van der Waals surface area contributed by atoms with E-state index in [2.05, 4.69) is 11.9 Å². The number of amides is 2. The topological polar surface area (TPSA) is 79.4 Å². The zero-order chi connectivity index (χ0) is 21.1. The Balaban J connectivity index is 1.57. The molecular formula is C21H31N3O5. The predicted molar refractivity (Wildman–Crippen MR) is 105 cm³/mol. The minimum Gasteiger partial charge on any atom is -0.456 e. The second-order valence-electron chi connectivity index (χ2n) is 9.96. The summed E-state index contributed by atoms with van der Waals surface area (Å²) in [5.74, 6) is -0.263. The van der Waals surface area contributed by atoms with Gasteiger partial charge in [-0.15, -0.1) is 0 Å². The van der Waals surface area contributed by atoms with Crippen LogP contribution in [0.25, 0.3) is 0 Å². The number of piperazine rings is 1. The number of esters is 1. The lowest BCUT2D eigenvalue weighted by Crippen LogP contribution is -2.66. The van der Waals surface area contributed by atoms with Crippen LogP contribution in [0.1, 0.15) is 47.0 Å². The first kappa shape index (κ1) is 20.2. The number of likely N-dealkylation sites (N-methyl/N-ethyl adjacent to an activating group) is 1. The molecule has 0 aromatic heterocycles. The van der Waals surface area contributed by atoms with E-state index < -0.39 is 11.0 Å². The number of fused-ring (bicyclic) bond motifs is 2. The molecule has 1 spiro atoms. The number of carbonyl (C=O) groups excluding carboxylic acids is 3. The molecule has 0 saturated carbocycles. The van der Waals surface area contributed by atoms with E-state index in [1.165, 1.54) is 0 Å². The number of likely N-dealkylation sites (tertiary alicyclic amines) is 2. The van der Waals surface area contributed by atoms with Gasteiger partial charge in [0, 0.05) is 31.7 Å². The van der Waals surface area contributed by atoms with Crippen LogP contribution in [-0.4, -0.2) is 83.6 Å². The van der Waals surface area contributed by atoms with Gasteiger partial charge < -0.3 is 19.3 Å². The summed E-state index contributed by atoms with van der Waals surface area (Å²) in [5, 5.41) is 0. The standard InChI is InChI=1S/C21H31N3O5/c1-13-16(12-28-17(13)25)23-7-6-21(18(23)26)8-14-10-22(5)11-15(9-21)24(14)19(27)29-20(2,3)4/h14-15H,6-12H2,1-5H3. The van der Waals surface area contributed by atoms with Crippen LogP contribution in [0.4, 0.5) is 4.79 Å². The SMILES string of the molecule is CC1=C(N2CCC3(CC4CN(C)CC(C3)N4C(=O)OC(C)(C)C)C2=O)COC1=O. The van der Waals surface area contributed by atoms with Gasteiger partial charge in [-0.25, -0.2) is 9.59 Å². The molecular weight excluding hydrogens is 374 g/mol. The largest absolute Gasteiger partial charge is 0.456 e. The molecule has 29 heavy (non-hydrogen) atoms. The van der Waals surface area contributed by atoms with Crippen LogP contribution in [-0.2, 0) is 19.1 Å². The van der Waals surface area contributed by atoms with Gasteiger partial charge >= 0.3 is 12.1 Å². The molecule has 2 amide bonds. The number of ether oxygens (including phenoxy) is 2. The fourth-order valence-electron chi connectivity index (χ4n) is 5.40. The molecule has 8 nitrogen and oxygen atoms in total. The Hall–Kier alpha value is -2.09. The molecule has 3 saturated heterocycles. The molecule has 8 heteroatoms. The Labute approximate surface area is 171 Å². The lowest BCUT2D eigenvalue weighted by Gasteiger charge is -2.53. The fourth-order valence-corrected chi connectivity index (χ4v) is 5.40. The molecule has 2 unspecified atom stereocenters. The molecule has 0 aliphatic carbocycles. The molecule has 0 N–H and O–H groups in total. The average Bonchev–Trinajstić information content (AvgIpc) is 3.06. The maximum Gasteiger partial charge on any atom is 0.410 e. The summed E-state index contributed by atoms with van der Waals surface area (Å²) in [6.07, 6.45) is 1.72. The van der Waals surface area contributed by atoms with Crippen LogP contribution in [0.2, 0.25) is 0 Å². The van der Waals surface area contributed by atoms with Gasteiger partial charge in [0.25, 0.3) is 0 Å². The molecule has 160 valence electrons. The number of hydrogen-bond donors (Lipinski definition) is 0. The molecule has 0 radical (unpaired) electrons. The van der Waals surface area contributed by atoms with Crippen molar-refractivity contribution in [2.75, 3.05) is 33.3 Å². The number of carbonyl (C=O) groups is 3. The first-order valence-electron chi connectivity index (χ1n) is 10.4. The number of piperidine rings is 1. The smallest absolute Gasteiger partial charge is 0.410 e. The lowest BCUT2D eigenvalue weighted by atomic mass is 9.69. The van der Waals surface area contributed by atoms with Gasteiger partial charge in [0.1, 0.15) is 12.2 Å². The van der Waals surface area contributed by atoms with E-state index in [1.807, 2.05) is 25.7 Å². The maximum atomic E-state index is 13.5. The Morgan fingerprint density at radius 2 is 1.79 bits per heavy atom. The molecule has 0 aromatic carbocycles. The van der Waals surface area contributed by atoms with Crippen LogP contribution < -0.4 is 0 Å². The number of nitrogens with zero attached hydrogens (tertiary/aromatic N) is 3. The molecule has 4 aliphatic rings. The van der Waals surface area contributed by atoms with Crippen LogP contribution >= 0.6 is 0 Å². The highest BCUT2D eigenvalue weighted by molar-refractivity contribution is 5.94. The predicted octanol–water partition coefficient (Wildman–Crippen LogP) is 1.75. The summed E-state index contributed by atoms with van der Waals surface area (Å²) < 4.78 is 10.8. The Kier molecular flexibility index (Phi) is 4.68. The van der Waals surface area contributed by atoms with Crippen molar-refractivity contribution in [3.05, 3.63) is 11.3 Å². The summed E-state index contributed by atoms with van der Waals surface area (Å²) in [7, 11) is 2.06. The van der Waals surface area contributed by atoms with Gasteiger partial charge in [0.15, 0.2) is 0 Å². The summed E-state index contributed by atoms with van der Waals surface area (Å²) >= 11 is 0.